The van der Waals surface area contributed by atoms with Gasteiger partial charge in [-0.3, -0.25) is 4.79 Å². The number of hydrogen-bond acceptors (Lipinski definition) is 8. The molecule has 0 aliphatic rings. The zero-order chi connectivity index (χ0) is 20.5. The number of hydrogen-bond donors (Lipinski definition) is 2. The second-order valence-corrected chi connectivity index (χ2v) is 8.35. The molecule has 152 valence electrons. The van der Waals surface area contributed by atoms with Crippen molar-refractivity contribution in [3.63, 3.8) is 0 Å². The summed E-state index contributed by atoms with van der Waals surface area (Å²) in [5.41, 5.74) is 0.879. The highest BCUT2D eigenvalue weighted by Crippen LogP contribution is 2.29. The molecule has 0 saturated heterocycles. The lowest BCUT2D eigenvalue weighted by atomic mass is 10.3. The fourth-order valence-electron chi connectivity index (χ4n) is 2.41. The highest BCUT2D eigenvalue weighted by atomic mass is 32.2. The lowest BCUT2D eigenvalue weighted by Crippen LogP contribution is -2.36. The van der Waals surface area contributed by atoms with Gasteiger partial charge in [0.15, 0.2) is 4.34 Å². The predicted octanol–water partition coefficient (Wildman–Crippen LogP) is 4.32. The van der Waals surface area contributed by atoms with E-state index in [1.165, 1.54) is 23.1 Å². The number of methoxy groups -OCH3 is 1. The average Bonchev–Trinajstić information content (AvgIpc) is 3.16. The molecule has 1 heterocycles. The number of amides is 1. The second kappa shape index (κ2) is 10.8. The Bertz CT molecular complexity index is 904. The van der Waals surface area contributed by atoms with Crippen molar-refractivity contribution in [2.24, 2.45) is 0 Å². The first-order valence-corrected chi connectivity index (χ1v) is 10.8. The standard InChI is InChI=1S/C20H22N4O3S2/c1-14(12-26-2)21-18(25)13-28-20-24-23-19(29-20)22-15-8-10-17(11-9-15)27-16-6-4-3-5-7-16/h3-11,14H,12-13H2,1-2H3,(H,21,25)(H,22,23). The van der Waals surface area contributed by atoms with Gasteiger partial charge in [-0.2, -0.15) is 0 Å². The highest BCUT2D eigenvalue weighted by Gasteiger charge is 2.11. The van der Waals surface area contributed by atoms with Gasteiger partial charge in [-0.25, -0.2) is 0 Å². The van der Waals surface area contributed by atoms with E-state index in [2.05, 4.69) is 20.8 Å². The molecule has 0 aliphatic heterocycles. The first-order valence-electron chi connectivity index (χ1n) is 8.97. The number of benzene rings is 2. The number of rotatable bonds is 10. The monoisotopic (exact) mass is 430 g/mol. The van der Waals surface area contributed by atoms with Crippen LogP contribution in [0.15, 0.2) is 58.9 Å². The van der Waals surface area contributed by atoms with Crippen LogP contribution < -0.4 is 15.4 Å². The van der Waals surface area contributed by atoms with Gasteiger partial charge in [0.2, 0.25) is 11.0 Å². The third-order valence-electron chi connectivity index (χ3n) is 3.64. The van der Waals surface area contributed by atoms with Gasteiger partial charge in [-0.15, -0.1) is 10.2 Å². The van der Waals surface area contributed by atoms with Crippen LogP contribution in [0.1, 0.15) is 6.92 Å². The Labute approximate surface area is 177 Å². The molecule has 7 nitrogen and oxygen atoms in total. The minimum absolute atomic E-state index is 0.0198. The SMILES string of the molecule is COCC(C)NC(=O)CSc1nnc(Nc2ccc(Oc3ccccc3)cc2)s1. The van der Waals surface area contributed by atoms with Crippen molar-refractivity contribution in [1.82, 2.24) is 15.5 Å². The van der Waals surface area contributed by atoms with E-state index >= 15 is 0 Å². The number of para-hydroxylation sites is 1. The Morgan fingerprint density at radius 2 is 1.83 bits per heavy atom. The van der Waals surface area contributed by atoms with Crippen molar-refractivity contribution in [2.45, 2.75) is 17.3 Å². The lowest BCUT2D eigenvalue weighted by molar-refractivity contribution is -0.119. The molecule has 3 aromatic rings. The number of ether oxygens (including phenoxy) is 2. The van der Waals surface area contributed by atoms with E-state index in [-0.39, 0.29) is 17.7 Å². The third-order valence-corrected chi connectivity index (χ3v) is 5.61. The molecular weight excluding hydrogens is 408 g/mol. The number of nitrogens with zero attached hydrogens (tertiary/aromatic N) is 2. The van der Waals surface area contributed by atoms with Crippen LogP contribution in [0.2, 0.25) is 0 Å². The number of aromatic nitrogens is 2. The Kier molecular flexibility index (Phi) is 7.85. The van der Waals surface area contributed by atoms with E-state index in [0.717, 1.165) is 21.5 Å². The number of carbonyl (C=O) groups is 1. The van der Waals surface area contributed by atoms with Crippen molar-refractivity contribution in [3.8, 4) is 11.5 Å². The van der Waals surface area contributed by atoms with Gasteiger partial charge in [0.05, 0.1) is 12.4 Å². The van der Waals surface area contributed by atoms with E-state index in [9.17, 15) is 4.79 Å². The molecule has 0 radical (unpaired) electrons. The normalized spacial score (nSPS) is 11.7. The Balaban J connectivity index is 1.47. The summed E-state index contributed by atoms with van der Waals surface area (Å²) in [6.45, 7) is 2.38. The van der Waals surface area contributed by atoms with Gasteiger partial charge in [-0.1, -0.05) is 41.3 Å². The first kappa shape index (κ1) is 21.1. The topological polar surface area (TPSA) is 85.4 Å². The molecule has 2 aromatic carbocycles. The van der Waals surface area contributed by atoms with Crippen LogP contribution in [0, 0.1) is 0 Å². The summed E-state index contributed by atoms with van der Waals surface area (Å²) in [6.07, 6.45) is 0. The van der Waals surface area contributed by atoms with Gasteiger partial charge in [0, 0.05) is 18.8 Å². The van der Waals surface area contributed by atoms with Gasteiger partial charge in [0.25, 0.3) is 0 Å². The van der Waals surface area contributed by atoms with E-state index in [4.69, 9.17) is 9.47 Å². The maximum atomic E-state index is 11.9. The fraction of sp³-hybridized carbons (Fsp3) is 0.250. The quantitative estimate of drug-likeness (QED) is 0.463. The van der Waals surface area contributed by atoms with Crippen molar-refractivity contribution >= 4 is 39.8 Å². The van der Waals surface area contributed by atoms with Crippen LogP contribution in [-0.2, 0) is 9.53 Å². The summed E-state index contributed by atoms with van der Waals surface area (Å²) in [6, 6.07) is 17.2. The van der Waals surface area contributed by atoms with Crippen molar-refractivity contribution in [1.29, 1.82) is 0 Å². The molecule has 1 aromatic heterocycles. The van der Waals surface area contributed by atoms with Crippen LogP contribution in [0.25, 0.3) is 0 Å². The van der Waals surface area contributed by atoms with Gasteiger partial charge >= 0.3 is 0 Å². The summed E-state index contributed by atoms with van der Waals surface area (Å²) >= 11 is 2.76. The van der Waals surface area contributed by atoms with Gasteiger partial charge in [0.1, 0.15) is 11.5 Å². The number of anilines is 2. The van der Waals surface area contributed by atoms with E-state index < -0.39 is 0 Å². The smallest absolute Gasteiger partial charge is 0.230 e. The van der Waals surface area contributed by atoms with Crippen LogP contribution in [-0.4, -0.2) is 41.6 Å². The minimum Gasteiger partial charge on any atom is -0.457 e. The molecule has 1 atom stereocenters. The van der Waals surface area contributed by atoms with E-state index in [1.54, 1.807) is 7.11 Å². The molecule has 0 saturated carbocycles. The van der Waals surface area contributed by atoms with Crippen molar-refractivity contribution in [2.75, 3.05) is 24.8 Å². The molecule has 3 rings (SSSR count). The molecule has 29 heavy (non-hydrogen) atoms. The zero-order valence-electron chi connectivity index (χ0n) is 16.1. The summed E-state index contributed by atoms with van der Waals surface area (Å²) in [7, 11) is 1.61. The molecule has 2 N–H and O–H groups in total. The van der Waals surface area contributed by atoms with E-state index in [1.807, 2.05) is 61.5 Å². The van der Waals surface area contributed by atoms with Crippen LogP contribution in [0.5, 0.6) is 11.5 Å². The third kappa shape index (κ3) is 7.04. The van der Waals surface area contributed by atoms with Crippen LogP contribution in [0.4, 0.5) is 10.8 Å². The van der Waals surface area contributed by atoms with Crippen molar-refractivity contribution < 1.29 is 14.3 Å². The van der Waals surface area contributed by atoms with Gasteiger partial charge in [-0.05, 0) is 43.3 Å². The summed E-state index contributed by atoms with van der Waals surface area (Å²) in [5, 5.41) is 15.0. The first-order chi connectivity index (χ1) is 14.1. The molecule has 9 heteroatoms. The Morgan fingerprint density at radius 3 is 2.55 bits per heavy atom. The molecule has 1 unspecified atom stereocenters. The number of thioether (sulfide) groups is 1. The molecule has 0 aliphatic carbocycles. The molecule has 1 amide bonds. The molecular formula is C20H22N4O3S2. The average molecular weight is 431 g/mol. The molecule has 0 bridgehead atoms. The maximum Gasteiger partial charge on any atom is 0.230 e. The number of nitrogens with one attached hydrogen (secondary N) is 2. The maximum absolute atomic E-state index is 11.9. The predicted molar refractivity (Wildman–Crippen MR) is 116 cm³/mol. The van der Waals surface area contributed by atoms with Gasteiger partial charge < -0.3 is 20.1 Å². The minimum atomic E-state index is -0.0572. The zero-order valence-corrected chi connectivity index (χ0v) is 17.8. The summed E-state index contributed by atoms with van der Waals surface area (Å²) < 4.78 is 11.5. The van der Waals surface area contributed by atoms with Crippen molar-refractivity contribution in [3.05, 3.63) is 54.6 Å². The largest absolute Gasteiger partial charge is 0.457 e. The lowest BCUT2D eigenvalue weighted by Gasteiger charge is -2.11. The number of carbonyl (C=O) groups excluding carboxylic acids is 1. The Morgan fingerprint density at radius 1 is 1.10 bits per heavy atom. The van der Waals surface area contributed by atoms with Crippen LogP contribution in [0.3, 0.4) is 0 Å². The van der Waals surface area contributed by atoms with Crippen LogP contribution >= 0.6 is 23.1 Å². The summed E-state index contributed by atoms with van der Waals surface area (Å²) in [4.78, 5) is 11.9. The highest BCUT2D eigenvalue weighted by molar-refractivity contribution is 8.01. The molecule has 0 spiro atoms. The second-order valence-electron chi connectivity index (χ2n) is 6.15. The summed E-state index contributed by atoms with van der Waals surface area (Å²) in [5.74, 6) is 1.77. The molecule has 0 fully saturated rings. The fourth-order valence-corrected chi connectivity index (χ4v) is 3.99. The van der Waals surface area contributed by atoms with E-state index in [0.29, 0.717) is 11.7 Å². The Hall–Kier alpha value is -2.62.